The Kier molecular flexibility index (Phi) is 5.90. The average molecular weight is 621 g/mol. The van der Waals surface area contributed by atoms with Crippen LogP contribution in [0.5, 0.6) is 0 Å². The third-order valence-corrected chi connectivity index (χ3v) is 9.37. The van der Waals surface area contributed by atoms with Gasteiger partial charge in [0.2, 0.25) is 5.88 Å². The minimum Gasteiger partial charge on any atom is -0.455 e. The molecule has 0 fully saturated rings. The Morgan fingerprint density at radius 1 is 0.625 bits per heavy atom. The fraction of sp³-hybridized carbons (Fsp3) is 0.0476. The van der Waals surface area contributed by atoms with Crippen LogP contribution in [-0.4, -0.2) is 18.2 Å². The number of nitrogens with one attached hydrogen (secondary N) is 2. The van der Waals surface area contributed by atoms with Crippen molar-refractivity contribution in [3.63, 3.8) is 0 Å². The van der Waals surface area contributed by atoms with Crippen molar-refractivity contribution in [3.8, 4) is 11.1 Å². The van der Waals surface area contributed by atoms with Crippen LogP contribution in [0.3, 0.4) is 0 Å². The molecule has 228 valence electrons. The summed E-state index contributed by atoms with van der Waals surface area (Å²) in [5.74, 6) is 2.17. The van der Waals surface area contributed by atoms with E-state index in [0.717, 1.165) is 77.5 Å². The minimum absolute atomic E-state index is 0.307. The molecule has 2 aliphatic rings. The Hall–Kier alpha value is -6.40. The molecule has 0 radical (unpaired) electrons. The molecule has 6 heteroatoms. The summed E-state index contributed by atoms with van der Waals surface area (Å²) in [6, 6.07) is 45.9. The van der Waals surface area contributed by atoms with Crippen molar-refractivity contribution in [2.75, 3.05) is 11.9 Å². The van der Waals surface area contributed by atoms with Gasteiger partial charge in [-0.05, 0) is 28.5 Å². The molecule has 48 heavy (non-hydrogen) atoms. The van der Waals surface area contributed by atoms with Crippen LogP contribution in [0, 0.1) is 0 Å². The number of anilines is 1. The summed E-state index contributed by atoms with van der Waals surface area (Å²) in [5, 5.41) is 12.6. The second kappa shape index (κ2) is 10.6. The number of hydrogen-bond donors (Lipinski definition) is 2. The van der Waals surface area contributed by atoms with Crippen molar-refractivity contribution in [2.45, 2.75) is 6.17 Å². The summed E-state index contributed by atoms with van der Waals surface area (Å²) in [6.45, 7) is 0.597. The zero-order valence-electron chi connectivity index (χ0n) is 25.8. The van der Waals surface area contributed by atoms with Crippen LogP contribution >= 0.6 is 0 Å². The van der Waals surface area contributed by atoms with Gasteiger partial charge in [0.1, 0.15) is 28.8 Å². The summed E-state index contributed by atoms with van der Waals surface area (Å²) in [5.41, 5.74) is 8.46. The van der Waals surface area contributed by atoms with Crippen molar-refractivity contribution in [1.82, 2.24) is 5.32 Å². The Bertz CT molecular complexity index is 2660. The van der Waals surface area contributed by atoms with E-state index >= 15 is 0 Å². The number of aliphatic imine (C=N–C) groups is 2. The number of para-hydroxylation sites is 3. The van der Waals surface area contributed by atoms with Gasteiger partial charge in [-0.25, -0.2) is 9.98 Å². The van der Waals surface area contributed by atoms with Crippen LogP contribution < -0.4 is 10.6 Å². The molecule has 2 aromatic heterocycles. The zero-order chi connectivity index (χ0) is 31.6. The van der Waals surface area contributed by atoms with Crippen molar-refractivity contribution in [3.05, 3.63) is 156 Å². The van der Waals surface area contributed by atoms with Gasteiger partial charge < -0.3 is 19.5 Å². The maximum absolute atomic E-state index is 6.68. The van der Waals surface area contributed by atoms with E-state index in [0.29, 0.717) is 18.3 Å². The average Bonchev–Trinajstić information content (AvgIpc) is 3.74. The molecule has 1 atom stereocenters. The van der Waals surface area contributed by atoms with E-state index in [9.17, 15) is 0 Å². The summed E-state index contributed by atoms with van der Waals surface area (Å²) in [7, 11) is 0. The van der Waals surface area contributed by atoms with E-state index in [2.05, 4.69) is 114 Å². The number of hydrogen-bond acceptors (Lipinski definition) is 6. The standard InChI is InChI=1S/C42H28N4O2/c1-2-11-26(12-3-1)39-44-40(28-21-20-25-10-4-5-13-27(25)24-28)46-41(45-39)34-22-23-43-42-36(34)33-18-9-17-32(38(33)48-42)31-16-8-15-30-29-14-6-7-19-35(29)47-37(30)31/h1-22,24,39,43H,23H2,(H,44,45,46). The lowest BCUT2D eigenvalue weighted by atomic mass is 9.96. The van der Waals surface area contributed by atoms with Gasteiger partial charge in [-0.1, -0.05) is 127 Å². The van der Waals surface area contributed by atoms with Crippen molar-refractivity contribution >= 4 is 66.8 Å². The monoisotopic (exact) mass is 620 g/mol. The van der Waals surface area contributed by atoms with Gasteiger partial charge in [0.15, 0.2) is 5.84 Å². The van der Waals surface area contributed by atoms with E-state index in [1.807, 2.05) is 36.4 Å². The molecule has 0 spiro atoms. The molecular formula is C42H28N4O2. The molecule has 8 aromatic rings. The lowest BCUT2D eigenvalue weighted by Gasteiger charge is -2.25. The van der Waals surface area contributed by atoms with Gasteiger partial charge in [-0.2, -0.15) is 0 Å². The Morgan fingerprint density at radius 2 is 1.35 bits per heavy atom. The minimum atomic E-state index is -0.307. The van der Waals surface area contributed by atoms with Gasteiger partial charge in [0.05, 0.1) is 5.56 Å². The topological polar surface area (TPSA) is 75.1 Å². The summed E-state index contributed by atoms with van der Waals surface area (Å²) in [6.07, 6.45) is 1.86. The fourth-order valence-corrected chi connectivity index (χ4v) is 7.09. The van der Waals surface area contributed by atoms with Crippen LogP contribution in [0.1, 0.15) is 22.9 Å². The summed E-state index contributed by atoms with van der Waals surface area (Å²) >= 11 is 0. The third-order valence-electron chi connectivity index (χ3n) is 9.37. The SMILES string of the molecule is C1=C(C2=NC(c3ccccc3)NC(c3ccc4ccccc4c3)=N2)c2c(oc3c(-c4cccc5c4oc4ccccc45)cccc23)NC1. The highest BCUT2D eigenvalue weighted by molar-refractivity contribution is 6.31. The molecule has 10 rings (SSSR count). The maximum atomic E-state index is 6.68. The first-order chi connectivity index (χ1) is 23.8. The predicted octanol–water partition coefficient (Wildman–Crippen LogP) is 10.1. The molecule has 2 N–H and O–H groups in total. The molecule has 0 bridgehead atoms. The summed E-state index contributed by atoms with van der Waals surface area (Å²) in [4.78, 5) is 10.4. The van der Waals surface area contributed by atoms with E-state index < -0.39 is 0 Å². The first-order valence-electron chi connectivity index (χ1n) is 16.2. The van der Waals surface area contributed by atoms with Gasteiger partial charge in [0.25, 0.3) is 0 Å². The van der Waals surface area contributed by atoms with Gasteiger partial charge in [-0.3, -0.25) is 0 Å². The highest BCUT2D eigenvalue weighted by Crippen LogP contribution is 2.45. The summed E-state index contributed by atoms with van der Waals surface area (Å²) < 4.78 is 13.1. The predicted molar refractivity (Wildman–Crippen MR) is 196 cm³/mol. The van der Waals surface area contributed by atoms with Crippen LogP contribution in [0.15, 0.2) is 158 Å². The van der Waals surface area contributed by atoms with E-state index in [1.54, 1.807) is 0 Å². The second-order valence-corrected chi connectivity index (χ2v) is 12.2. The molecular weight excluding hydrogens is 592 g/mol. The Morgan fingerprint density at radius 3 is 2.23 bits per heavy atom. The van der Waals surface area contributed by atoms with Gasteiger partial charge >= 0.3 is 0 Å². The first kappa shape index (κ1) is 26.8. The van der Waals surface area contributed by atoms with Crippen LogP contribution in [0.2, 0.25) is 0 Å². The highest BCUT2D eigenvalue weighted by atomic mass is 16.4. The quantitative estimate of drug-likeness (QED) is 0.205. The molecule has 6 aromatic carbocycles. The third kappa shape index (κ3) is 4.19. The first-order valence-corrected chi connectivity index (χ1v) is 16.2. The van der Waals surface area contributed by atoms with Crippen molar-refractivity contribution in [1.29, 1.82) is 0 Å². The second-order valence-electron chi connectivity index (χ2n) is 12.2. The molecule has 0 saturated heterocycles. The van der Waals surface area contributed by atoms with E-state index in [1.165, 1.54) is 5.39 Å². The van der Waals surface area contributed by atoms with Gasteiger partial charge in [0, 0.05) is 45.0 Å². The van der Waals surface area contributed by atoms with E-state index in [4.69, 9.17) is 18.8 Å². The molecule has 2 aliphatic heterocycles. The van der Waals surface area contributed by atoms with Crippen molar-refractivity contribution < 1.29 is 8.83 Å². The molecule has 0 aliphatic carbocycles. The number of amidine groups is 2. The van der Waals surface area contributed by atoms with Gasteiger partial charge in [-0.15, -0.1) is 0 Å². The van der Waals surface area contributed by atoms with E-state index in [-0.39, 0.29) is 6.17 Å². The lowest BCUT2D eigenvalue weighted by molar-refractivity contribution is 0.628. The van der Waals surface area contributed by atoms with Crippen LogP contribution in [-0.2, 0) is 0 Å². The Labute approximate surface area is 275 Å². The Balaban J connectivity index is 1.14. The number of benzene rings is 6. The van der Waals surface area contributed by atoms with Crippen LogP contribution in [0.25, 0.3) is 60.4 Å². The smallest absolute Gasteiger partial charge is 0.202 e. The normalized spacial score (nSPS) is 15.9. The maximum Gasteiger partial charge on any atom is 0.202 e. The zero-order valence-corrected chi connectivity index (χ0v) is 25.8. The number of rotatable bonds is 4. The highest BCUT2D eigenvalue weighted by Gasteiger charge is 2.29. The van der Waals surface area contributed by atoms with Crippen LogP contribution in [0.4, 0.5) is 5.88 Å². The largest absolute Gasteiger partial charge is 0.455 e. The molecule has 0 saturated carbocycles. The molecule has 6 nitrogen and oxygen atoms in total. The molecule has 1 unspecified atom stereocenters. The molecule has 4 heterocycles. The number of nitrogens with zero attached hydrogens (tertiary/aromatic N) is 2. The number of furan rings is 2. The number of fused-ring (bicyclic) bond motifs is 7. The lowest BCUT2D eigenvalue weighted by Crippen LogP contribution is -2.33. The fourth-order valence-electron chi connectivity index (χ4n) is 7.09. The molecule has 0 amide bonds. The van der Waals surface area contributed by atoms with Crippen molar-refractivity contribution in [2.24, 2.45) is 9.98 Å².